The molecule has 2 atom stereocenters. The normalized spacial score (nSPS) is 20.3. The van der Waals surface area contributed by atoms with Gasteiger partial charge in [-0.15, -0.1) is 0 Å². The summed E-state index contributed by atoms with van der Waals surface area (Å²) in [6.07, 6.45) is 3.62. The van der Waals surface area contributed by atoms with Crippen molar-refractivity contribution in [1.29, 1.82) is 5.26 Å². The maximum Gasteiger partial charge on any atom is 0.219 e. The van der Waals surface area contributed by atoms with E-state index in [2.05, 4.69) is 26.3 Å². The van der Waals surface area contributed by atoms with Crippen LogP contribution in [0.15, 0.2) is 24.5 Å². The van der Waals surface area contributed by atoms with Gasteiger partial charge in [0.2, 0.25) is 5.91 Å². The van der Waals surface area contributed by atoms with Crippen LogP contribution in [0.4, 0.5) is 5.69 Å². The Morgan fingerprint density at radius 2 is 2.12 bits per heavy atom. The molecule has 1 amide bonds. The fourth-order valence-corrected chi connectivity index (χ4v) is 3.10. The van der Waals surface area contributed by atoms with Gasteiger partial charge in [-0.2, -0.15) is 5.26 Å². The fourth-order valence-electron chi connectivity index (χ4n) is 3.10. The highest BCUT2D eigenvalue weighted by Crippen LogP contribution is 2.28. The van der Waals surface area contributed by atoms with E-state index in [4.69, 9.17) is 4.74 Å². The molecule has 1 unspecified atom stereocenters. The van der Waals surface area contributed by atoms with Crippen LogP contribution in [0.1, 0.15) is 25.8 Å². The number of benzene rings is 1. The predicted molar refractivity (Wildman–Crippen MR) is 94.1 cm³/mol. The Labute approximate surface area is 146 Å². The van der Waals surface area contributed by atoms with Crippen LogP contribution in [0.25, 0.3) is 11.0 Å². The first-order valence-electron chi connectivity index (χ1n) is 8.43. The second kappa shape index (κ2) is 7.45. The largest absolute Gasteiger partial charge is 0.370 e. The molecule has 2 aromatic rings. The molecular weight excluding hydrogens is 318 g/mol. The summed E-state index contributed by atoms with van der Waals surface area (Å²) in [6, 6.07) is 5.85. The van der Waals surface area contributed by atoms with Crippen LogP contribution in [0.3, 0.4) is 0 Å². The Kier molecular flexibility index (Phi) is 5.10. The van der Waals surface area contributed by atoms with Crippen molar-refractivity contribution in [2.24, 2.45) is 0 Å². The van der Waals surface area contributed by atoms with Crippen LogP contribution in [0.5, 0.6) is 0 Å². The number of aromatic nitrogens is 2. The number of nitriles is 1. The molecular formula is C18H21N5O2. The van der Waals surface area contributed by atoms with Crippen LogP contribution < -0.4 is 10.2 Å². The predicted octanol–water partition coefficient (Wildman–Crippen LogP) is 1.62. The van der Waals surface area contributed by atoms with Gasteiger partial charge in [0.15, 0.2) is 0 Å². The van der Waals surface area contributed by atoms with Crippen molar-refractivity contribution in [2.45, 2.75) is 32.5 Å². The van der Waals surface area contributed by atoms with Crippen molar-refractivity contribution in [2.75, 3.05) is 24.5 Å². The van der Waals surface area contributed by atoms with Gasteiger partial charge in [0, 0.05) is 38.4 Å². The molecule has 2 heterocycles. The standard InChI is InChI=1S/C18H21N5O2/c1-3-16(24)22-9-14-11-23(10-12(2)25-14)15-5-4-13(8-19)17-18(15)21-7-6-20-17/h4-7,12,14H,3,9-11H2,1-2H3,(H,22,24)/t12?,14-/m0/s1. The fraction of sp³-hybridized carbons (Fsp3) is 0.444. The van der Waals surface area contributed by atoms with Gasteiger partial charge in [0.25, 0.3) is 0 Å². The molecule has 1 aromatic carbocycles. The molecule has 1 aliphatic rings. The van der Waals surface area contributed by atoms with E-state index in [0.717, 1.165) is 12.2 Å². The number of carbonyl (C=O) groups excluding carboxylic acids is 1. The van der Waals surface area contributed by atoms with Crippen LogP contribution in [-0.4, -0.2) is 47.7 Å². The molecule has 7 nitrogen and oxygen atoms in total. The third-order valence-corrected chi connectivity index (χ3v) is 4.24. The van der Waals surface area contributed by atoms with E-state index < -0.39 is 0 Å². The van der Waals surface area contributed by atoms with Gasteiger partial charge >= 0.3 is 0 Å². The number of carbonyl (C=O) groups is 1. The summed E-state index contributed by atoms with van der Waals surface area (Å²) in [5.41, 5.74) is 2.77. The van der Waals surface area contributed by atoms with Crippen LogP contribution in [0, 0.1) is 11.3 Å². The Morgan fingerprint density at radius 1 is 1.36 bits per heavy atom. The van der Waals surface area contributed by atoms with Crippen LogP contribution >= 0.6 is 0 Å². The van der Waals surface area contributed by atoms with Crippen molar-refractivity contribution in [3.05, 3.63) is 30.1 Å². The smallest absolute Gasteiger partial charge is 0.219 e. The number of morpholine rings is 1. The SMILES string of the molecule is CCC(=O)NC[C@H]1CN(c2ccc(C#N)c3nccnc23)CC(C)O1. The van der Waals surface area contributed by atoms with Gasteiger partial charge in [-0.3, -0.25) is 14.8 Å². The number of rotatable bonds is 4. The molecule has 1 N–H and O–H groups in total. The maximum atomic E-state index is 11.5. The van der Waals surface area contributed by atoms with E-state index in [1.54, 1.807) is 18.5 Å². The number of fused-ring (bicyclic) bond motifs is 1. The minimum absolute atomic E-state index is 0.0167. The summed E-state index contributed by atoms with van der Waals surface area (Å²) >= 11 is 0. The zero-order valence-electron chi connectivity index (χ0n) is 14.4. The number of amides is 1. The summed E-state index contributed by atoms with van der Waals surface area (Å²) in [5.74, 6) is 0.0167. The lowest BCUT2D eigenvalue weighted by atomic mass is 10.1. The summed E-state index contributed by atoms with van der Waals surface area (Å²) in [5, 5.41) is 12.2. The third kappa shape index (κ3) is 3.69. The number of nitrogens with one attached hydrogen (secondary N) is 1. The van der Waals surface area contributed by atoms with E-state index in [9.17, 15) is 10.1 Å². The van der Waals surface area contributed by atoms with Crippen molar-refractivity contribution in [3.8, 4) is 6.07 Å². The highest BCUT2D eigenvalue weighted by atomic mass is 16.5. The number of ether oxygens (including phenoxy) is 1. The Hall–Kier alpha value is -2.72. The Balaban J connectivity index is 1.87. The van der Waals surface area contributed by atoms with Gasteiger partial charge in [-0.25, -0.2) is 0 Å². The molecule has 130 valence electrons. The van der Waals surface area contributed by atoms with E-state index in [0.29, 0.717) is 36.1 Å². The van der Waals surface area contributed by atoms with E-state index in [-0.39, 0.29) is 18.1 Å². The number of hydrogen-bond acceptors (Lipinski definition) is 6. The topological polar surface area (TPSA) is 91.1 Å². The van der Waals surface area contributed by atoms with Gasteiger partial charge in [0.1, 0.15) is 17.1 Å². The maximum absolute atomic E-state index is 11.5. The molecule has 0 aliphatic carbocycles. The molecule has 0 radical (unpaired) electrons. The second-order valence-corrected chi connectivity index (χ2v) is 6.13. The lowest BCUT2D eigenvalue weighted by Gasteiger charge is -2.38. The summed E-state index contributed by atoms with van der Waals surface area (Å²) in [6.45, 7) is 5.68. The zero-order chi connectivity index (χ0) is 17.8. The van der Waals surface area contributed by atoms with Crippen molar-refractivity contribution in [3.63, 3.8) is 0 Å². The first kappa shape index (κ1) is 17.1. The number of hydrogen-bond donors (Lipinski definition) is 1. The van der Waals surface area contributed by atoms with Crippen LogP contribution in [-0.2, 0) is 9.53 Å². The lowest BCUT2D eigenvalue weighted by molar-refractivity contribution is -0.121. The highest BCUT2D eigenvalue weighted by molar-refractivity contribution is 5.92. The Morgan fingerprint density at radius 3 is 2.84 bits per heavy atom. The molecule has 1 saturated heterocycles. The molecule has 25 heavy (non-hydrogen) atoms. The molecule has 1 fully saturated rings. The zero-order valence-corrected chi connectivity index (χ0v) is 14.4. The van der Waals surface area contributed by atoms with Crippen LogP contribution in [0.2, 0.25) is 0 Å². The van der Waals surface area contributed by atoms with E-state index in [1.807, 2.05) is 19.9 Å². The van der Waals surface area contributed by atoms with Gasteiger partial charge < -0.3 is 15.0 Å². The summed E-state index contributed by atoms with van der Waals surface area (Å²) in [7, 11) is 0. The van der Waals surface area contributed by atoms with Crippen molar-refractivity contribution >= 4 is 22.6 Å². The number of nitrogens with zero attached hydrogens (tertiary/aromatic N) is 4. The molecule has 1 aromatic heterocycles. The highest BCUT2D eigenvalue weighted by Gasteiger charge is 2.27. The molecule has 1 aliphatic heterocycles. The van der Waals surface area contributed by atoms with Gasteiger partial charge in [-0.05, 0) is 19.1 Å². The minimum Gasteiger partial charge on any atom is -0.370 e. The second-order valence-electron chi connectivity index (χ2n) is 6.13. The molecule has 0 bridgehead atoms. The minimum atomic E-state index is -0.0957. The average Bonchev–Trinajstić information content (AvgIpc) is 2.64. The summed E-state index contributed by atoms with van der Waals surface area (Å²) in [4.78, 5) is 22.4. The Bertz CT molecular complexity index is 817. The third-order valence-electron chi connectivity index (χ3n) is 4.24. The first-order chi connectivity index (χ1) is 12.1. The van der Waals surface area contributed by atoms with Crippen molar-refractivity contribution in [1.82, 2.24) is 15.3 Å². The van der Waals surface area contributed by atoms with Gasteiger partial charge in [-0.1, -0.05) is 6.92 Å². The lowest BCUT2D eigenvalue weighted by Crippen LogP contribution is -2.50. The number of anilines is 1. The van der Waals surface area contributed by atoms with E-state index in [1.165, 1.54) is 0 Å². The average molecular weight is 339 g/mol. The monoisotopic (exact) mass is 339 g/mol. The summed E-state index contributed by atoms with van der Waals surface area (Å²) < 4.78 is 5.95. The molecule has 0 saturated carbocycles. The molecule has 3 rings (SSSR count). The van der Waals surface area contributed by atoms with Gasteiger partial charge in [0.05, 0.1) is 23.5 Å². The van der Waals surface area contributed by atoms with E-state index >= 15 is 0 Å². The quantitative estimate of drug-likeness (QED) is 0.910. The molecule has 7 heteroatoms. The van der Waals surface area contributed by atoms with Crippen molar-refractivity contribution < 1.29 is 9.53 Å². The molecule has 0 spiro atoms. The first-order valence-corrected chi connectivity index (χ1v) is 8.43.